The van der Waals surface area contributed by atoms with Crippen molar-refractivity contribution in [2.75, 3.05) is 18.7 Å². The zero-order chi connectivity index (χ0) is 14.5. The molecule has 0 saturated heterocycles. The van der Waals surface area contributed by atoms with Gasteiger partial charge < -0.3 is 0 Å². The monoisotopic (exact) mass is 323 g/mol. The van der Waals surface area contributed by atoms with Crippen molar-refractivity contribution in [2.45, 2.75) is 25.8 Å². The van der Waals surface area contributed by atoms with Crippen LogP contribution in [0.5, 0.6) is 0 Å². The largest absolute Gasteiger partial charge is 0.214 e. The fraction of sp³-hybridized carbons (Fsp3) is 0.538. The lowest BCUT2D eigenvalue weighted by Crippen LogP contribution is -2.31. The summed E-state index contributed by atoms with van der Waals surface area (Å²) in [5.41, 5.74) is 0.885. The smallest absolute Gasteiger partial charge is 0.212 e. The van der Waals surface area contributed by atoms with Gasteiger partial charge in [-0.15, -0.1) is 11.6 Å². The van der Waals surface area contributed by atoms with Crippen LogP contribution in [0.1, 0.15) is 31.4 Å². The third-order valence-corrected chi connectivity index (χ3v) is 5.60. The van der Waals surface area contributed by atoms with Crippen molar-refractivity contribution >= 4 is 33.2 Å². The highest BCUT2D eigenvalue weighted by molar-refractivity contribution is 7.89. The molecule has 0 fully saturated rings. The van der Waals surface area contributed by atoms with Gasteiger partial charge in [0.05, 0.1) is 5.75 Å². The van der Waals surface area contributed by atoms with E-state index in [9.17, 15) is 8.42 Å². The number of unbranched alkanes of at least 4 members (excludes halogenated alkanes) is 1. The summed E-state index contributed by atoms with van der Waals surface area (Å²) in [5, 5.41) is 0.609. The summed E-state index contributed by atoms with van der Waals surface area (Å²) in [4.78, 5) is 0. The van der Waals surface area contributed by atoms with Crippen molar-refractivity contribution in [1.29, 1.82) is 0 Å². The zero-order valence-electron chi connectivity index (χ0n) is 11.1. The Labute approximate surface area is 125 Å². The van der Waals surface area contributed by atoms with E-state index in [0.29, 0.717) is 23.7 Å². The molecule has 0 aliphatic rings. The van der Waals surface area contributed by atoms with Crippen LogP contribution >= 0.6 is 23.2 Å². The Hall–Kier alpha value is -0.290. The van der Waals surface area contributed by atoms with E-state index in [-0.39, 0.29) is 11.8 Å². The van der Waals surface area contributed by atoms with E-state index in [1.165, 1.54) is 4.31 Å². The number of hydrogen-bond acceptors (Lipinski definition) is 2. The Kier molecular flexibility index (Phi) is 6.60. The fourth-order valence-corrected chi connectivity index (χ4v) is 3.59. The Bertz CT molecular complexity index is 505. The van der Waals surface area contributed by atoms with Gasteiger partial charge in [0.25, 0.3) is 0 Å². The molecule has 6 heteroatoms. The van der Waals surface area contributed by atoms with E-state index < -0.39 is 10.0 Å². The van der Waals surface area contributed by atoms with Crippen molar-refractivity contribution in [1.82, 2.24) is 4.31 Å². The number of benzene rings is 1. The molecule has 108 valence electrons. The molecule has 1 atom stereocenters. The van der Waals surface area contributed by atoms with Gasteiger partial charge in [0.2, 0.25) is 10.0 Å². The van der Waals surface area contributed by atoms with Gasteiger partial charge in [0.15, 0.2) is 0 Å². The maximum absolute atomic E-state index is 12.2. The minimum absolute atomic E-state index is 0.126. The summed E-state index contributed by atoms with van der Waals surface area (Å²) in [6, 6.07) is 7.02. The minimum Gasteiger partial charge on any atom is -0.212 e. The fourth-order valence-electron chi connectivity index (χ4n) is 1.74. The molecule has 0 spiro atoms. The number of halogens is 2. The van der Waals surface area contributed by atoms with Gasteiger partial charge in [-0.1, -0.05) is 23.7 Å². The van der Waals surface area contributed by atoms with E-state index >= 15 is 0 Å². The Morgan fingerprint density at radius 3 is 2.58 bits per heavy atom. The van der Waals surface area contributed by atoms with Crippen LogP contribution in [-0.2, 0) is 10.0 Å². The van der Waals surface area contributed by atoms with E-state index in [1.807, 2.05) is 19.1 Å². The van der Waals surface area contributed by atoms with Gasteiger partial charge >= 0.3 is 0 Å². The lowest BCUT2D eigenvalue weighted by Gasteiger charge is -2.24. The predicted octanol–water partition coefficient (Wildman–Crippen LogP) is 3.68. The number of hydrogen-bond donors (Lipinski definition) is 0. The average molecular weight is 324 g/mol. The molecule has 0 radical (unpaired) electrons. The summed E-state index contributed by atoms with van der Waals surface area (Å²) in [7, 11) is -1.66. The van der Waals surface area contributed by atoms with Crippen LogP contribution in [-0.4, -0.2) is 31.4 Å². The van der Waals surface area contributed by atoms with Gasteiger partial charge in [-0.2, -0.15) is 4.31 Å². The zero-order valence-corrected chi connectivity index (χ0v) is 13.5. The summed E-state index contributed by atoms with van der Waals surface area (Å²) in [6.07, 6.45) is 1.29. The third kappa shape index (κ3) is 4.95. The first-order chi connectivity index (χ1) is 8.88. The second kappa shape index (κ2) is 7.48. The summed E-state index contributed by atoms with van der Waals surface area (Å²) in [6.45, 7) is 1.85. The Balaban J connectivity index is 2.78. The molecule has 1 rings (SSSR count). The van der Waals surface area contributed by atoms with E-state index in [1.54, 1.807) is 19.2 Å². The molecule has 0 amide bonds. The van der Waals surface area contributed by atoms with Gasteiger partial charge in [0.1, 0.15) is 0 Å². The molecule has 0 heterocycles. The SMILES string of the molecule is CC(c1cccc(Cl)c1)N(C)S(=O)(=O)CCCCCl. The summed E-state index contributed by atoms with van der Waals surface area (Å²) >= 11 is 11.5. The van der Waals surface area contributed by atoms with Crippen LogP contribution in [0, 0.1) is 0 Å². The molecular formula is C13H19Cl2NO2S. The number of alkyl halides is 1. The van der Waals surface area contributed by atoms with Gasteiger partial charge in [-0.3, -0.25) is 0 Å². The molecule has 1 aromatic carbocycles. The highest BCUT2D eigenvalue weighted by Crippen LogP contribution is 2.24. The molecule has 19 heavy (non-hydrogen) atoms. The highest BCUT2D eigenvalue weighted by atomic mass is 35.5. The molecule has 1 aromatic rings. The molecule has 0 aromatic heterocycles. The van der Waals surface area contributed by atoms with E-state index in [4.69, 9.17) is 23.2 Å². The number of rotatable bonds is 7. The summed E-state index contributed by atoms with van der Waals surface area (Å²) < 4.78 is 25.7. The van der Waals surface area contributed by atoms with Crippen LogP contribution in [0.3, 0.4) is 0 Å². The van der Waals surface area contributed by atoms with E-state index in [0.717, 1.165) is 5.56 Å². The second-order valence-corrected chi connectivity index (χ2v) is 7.42. The van der Waals surface area contributed by atoms with Crippen LogP contribution in [0.25, 0.3) is 0 Å². The summed E-state index contributed by atoms with van der Waals surface area (Å²) in [5.74, 6) is 0.615. The van der Waals surface area contributed by atoms with Crippen molar-refractivity contribution in [3.8, 4) is 0 Å². The normalized spacial score (nSPS) is 13.7. The van der Waals surface area contributed by atoms with Gasteiger partial charge in [-0.05, 0) is 37.5 Å². The second-order valence-electron chi connectivity index (χ2n) is 4.46. The van der Waals surface area contributed by atoms with Crippen molar-refractivity contribution in [2.24, 2.45) is 0 Å². The maximum Gasteiger partial charge on any atom is 0.214 e. The van der Waals surface area contributed by atoms with Crippen molar-refractivity contribution in [3.63, 3.8) is 0 Å². The van der Waals surface area contributed by atoms with Crippen LogP contribution in [0.15, 0.2) is 24.3 Å². The first kappa shape index (κ1) is 16.8. The molecule has 0 aliphatic carbocycles. The van der Waals surface area contributed by atoms with Crippen LogP contribution < -0.4 is 0 Å². The van der Waals surface area contributed by atoms with Gasteiger partial charge in [-0.25, -0.2) is 8.42 Å². The lowest BCUT2D eigenvalue weighted by molar-refractivity contribution is 0.397. The maximum atomic E-state index is 12.2. The molecule has 0 saturated carbocycles. The van der Waals surface area contributed by atoms with Gasteiger partial charge in [0, 0.05) is 24.0 Å². The van der Waals surface area contributed by atoms with E-state index in [2.05, 4.69) is 0 Å². The average Bonchev–Trinajstić information content (AvgIpc) is 2.37. The third-order valence-electron chi connectivity index (χ3n) is 3.10. The minimum atomic E-state index is -3.26. The molecule has 3 nitrogen and oxygen atoms in total. The van der Waals surface area contributed by atoms with Crippen LogP contribution in [0.2, 0.25) is 5.02 Å². The Morgan fingerprint density at radius 1 is 1.32 bits per heavy atom. The topological polar surface area (TPSA) is 37.4 Å². The molecular weight excluding hydrogens is 305 g/mol. The molecule has 0 aliphatic heterocycles. The molecule has 0 N–H and O–H groups in total. The highest BCUT2D eigenvalue weighted by Gasteiger charge is 2.23. The Morgan fingerprint density at radius 2 is 2.00 bits per heavy atom. The van der Waals surface area contributed by atoms with Crippen LogP contribution in [0.4, 0.5) is 0 Å². The van der Waals surface area contributed by atoms with Crippen molar-refractivity contribution in [3.05, 3.63) is 34.9 Å². The lowest BCUT2D eigenvalue weighted by atomic mass is 10.1. The van der Waals surface area contributed by atoms with Crippen molar-refractivity contribution < 1.29 is 8.42 Å². The quantitative estimate of drug-likeness (QED) is 0.567. The number of sulfonamides is 1. The first-order valence-electron chi connectivity index (χ1n) is 6.15. The predicted molar refractivity (Wildman–Crippen MR) is 81.4 cm³/mol. The molecule has 1 unspecified atom stereocenters. The number of nitrogens with zero attached hydrogens (tertiary/aromatic N) is 1. The first-order valence-corrected chi connectivity index (χ1v) is 8.68. The standard InChI is InChI=1S/C13H19Cl2NO2S/c1-11(12-6-5-7-13(15)10-12)16(2)19(17,18)9-4-3-8-14/h5-7,10-11H,3-4,8-9H2,1-2H3. The molecule has 0 bridgehead atoms.